The number of halogens is 1. The number of amides is 3. The van der Waals surface area contributed by atoms with Crippen LogP contribution in [0.2, 0.25) is 0 Å². The van der Waals surface area contributed by atoms with Crippen molar-refractivity contribution in [2.45, 2.75) is 6.42 Å². The molecule has 0 heterocycles. The van der Waals surface area contributed by atoms with Gasteiger partial charge in [-0.25, -0.2) is 9.18 Å². The molecule has 0 saturated heterocycles. The van der Waals surface area contributed by atoms with Crippen LogP contribution in [0, 0.1) is 5.82 Å². The Labute approximate surface area is 121 Å². The van der Waals surface area contributed by atoms with Crippen LogP contribution in [0.25, 0.3) is 0 Å². The van der Waals surface area contributed by atoms with E-state index in [9.17, 15) is 14.0 Å². The Kier molecular flexibility index (Phi) is 4.50. The van der Waals surface area contributed by atoms with Crippen molar-refractivity contribution < 1.29 is 14.0 Å². The number of rotatable bonds is 4. The van der Waals surface area contributed by atoms with E-state index in [2.05, 4.69) is 10.6 Å². The molecule has 4 N–H and O–H groups in total. The van der Waals surface area contributed by atoms with Gasteiger partial charge in [0.1, 0.15) is 5.82 Å². The summed E-state index contributed by atoms with van der Waals surface area (Å²) in [7, 11) is 0. The Morgan fingerprint density at radius 2 is 1.43 bits per heavy atom. The van der Waals surface area contributed by atoms with E-state index in [1.165, 1.54) is 12.1 Å². The summed E-state index contributed by atoms with van der Waals surface area (Å²) in [6, 6.07) is 11.6. The fraction of sp³-hybridized carbons (Fsp3) is 0.0667. The van der Waals surface area contributed by atoms with Crippen LogP contribution in [-0.2, 0) is 11.2 Å². The molecule has 5 nitrogen and oxygen atoms in total. The summed E-state index contributed by atoms with van der Waals surface area (Å²) < 4.78 is 12.8. The predicted octanol–water partition coefficient (Wildman–Crippen LogP) is 2.50. The molecule has 108 valence electrons. The number of nitrogens with one attached hydrogen (secondary N) is 2. The molecule has 21 heavy (non-hydrogen) atoms. The number of anilines is 2. The van der Waals surface area contributed by atoms with Gasteiger partial charge in [0, 0.05) is 11.4 Å². The van der Waals surface area contributed by atoms with Crippen molar-refractivity contribution >= 4 is 23.3 Å². The minimum Gasteiger partial charge on any atom is -0.351 e. The number of hydrogen-bond donors (Lipinski definition) is 3. The molecule has 0 fully saturated rings. The Balaban J connectivity index is 1.93. The van der Waals surface area contributed by atoms with Crippen LogP contribution in [0.4, 0.5) is 20.6 Å². The van der Waals surface area contributed by atoms with Crippen molar-refractivity contribution in [3.63, 3.8) is 0 Å². The van der Waals surface area contributed by atoms with E-state index >= 15 is 0 Å². The Morgan fingerprint density at radius 1 is 0.905 bits per heavy atom. The molecule has 2 aromatic rings. The van der Waals surface area contributed by atoms with Crippen LogP contribution >= 0.6 is 0 Å². The molecule has 0 aromatic heterocycles. The Bertz CT molecular complexity index is 639. The quantitative estimate of drug-likeness (QED) is 0.807. The number of benzene rings is 2. The highest BCUT2D eigenvalue weighted by Crippen LogP contribution is 2.14. The van der Waals surface area contributed by atoms with Crippen LogP contribution in [0.15, 0.2) is 48.5 Å². The van der Waals surface area contributed by atoms with Gasteiger partial charge in [-0.3, -0.25) is 4.79 Å². The summed E-state index contributed by atoms with van der Waals surface area (Å²) in [5.41, 5.74) is 6.85. The molecule has 0 aliphatic carbocycles. The average Bonchev–Trinajstić information content (AvgIpc) is 2.43. The highest BCUT2D eigenvalue weighted by molar-refractivity contribution is 5.93. The van der Waals surface area contributed by atoms with E-state index in [4.69, 9.17) is 5.73 Å². The second kappa shape index (κ2) is 6.51. The van der Waals surface area contributed by atoms with Gasteiger partial charge in [-0.2, -0.15) is 0 Å². The van der Waals surface area contributed by atoms with Crippen molar-refractivity contribution in [3.05, 3.63) is 59.9 Å². The van der Waals surface area contributed by atoms with E-state index in [1.807, 2.05) is 0 Å². The van der Waals surface area contributed by atoms with Crippen molar-refractivity contribution in [3.8, 4) is 0 Å². The fourth-order valence-corrected chi connectivity index (χ4v) is 1.77. The van der Waals surface area contributed by atoms with Gasteiger partial charge in [-0.15, -0.1) is 0 Å². The SMILES string of the molecule is NC(=O)Nc1ccc(NC(=O)Cc2ccc(F)cc2)cc1. The smallest absolute Gasteiger partial charge is 0.316 e. The largest absolute Gasteiger partial charge is 0.351 e. The van der Waals surface area contributed by atoms with Crippen LogP contribution in [0.3, 0.4) is 0 Å². The van der Waals surface area contributed by atoms with E-state index in [-0.39, 0.29) is 18.1 Å². The number of hydrogen-bond acceptors (Lipinski definition) is 2. The second-order valence-corrected chi connectivity index (χ2v) is 4.42. The van der Waals surface area contributed by atoms with Gasteiger partial charge in [-0.05, 0) is 42.0 Å². The first kappa shape index (κ1) is 14.5. The van der Waals surface area contributed by atoms with E-state index in [0.29, 0.717) is 11.4 Å². The molecule has 0 unspecified atom stereocenters. The third-order valence-electron chi connectivity index (χ3n) is 2.71. The monoisotopic (exact) mass is 287 g/mol. The van der Waals surface area contributed by atoms with Crippen molar-refractivity contribution in [1.29, 1.82) is 0 Å². The number of nitrogens with two attached hydrogens (primary N) is 1. The number of carbonyl (C=O) groups excluding carboxylic acids is 2. The summed E-state index contributed by atoms with van der Waals surface area (Å²) in [4.78, 5) is 22.5. The van der Waals surface area contributed by atoms with Gasteiger partial charge in [-0.1, -0.05) is 12.1 Å². The normalized spacial score (nSPS) is 9.95. The second-order valence-electron chi connectivity index (χ2n) is 4.42. The van der Waals surface area contributed by atoms with E-state index in [0.717, 1.165) is 5.56 Å². The van der Waals surface area contributed by atoms with Crippen molar-refractivity contribution in [2.24, 2.45) is 5.73 Å². The topological polar surface area (TPSA) is 84.2 Å². The molecule has 2 aromatic carbocycles. The number of carbonyl (C=O) groups is 2. The number of urea groups is 1. The highest BCUT2D eigenvalue weighted by Gasteiger charge is 2.05. The predicted molar refractivity (Wildman–Crippen MR) is 78.4 cm³/mol. The third kappa shape index (κ3) is 4.61. The van der Waals surface area contributed by atoms with Crippen LogP contribution in [0.1, 0.15) is 5.56 Å². The summed E-state index contributed by atoms with van der Waals surface area (Å²) in [5.74, 6) is -0.547. The summed E-state index contributed by atoms with van der Waals surface area (Å²) in [6.07, 6.45) is 0.154. The molecule has 0 atom stereocenters. The van der Waals surface area contributed by atoms with Crippen LogP contribution in [0.5, 0.6) is 0 Å². The molecule has 2 rings (SSSR count). The van der Waals surface area contributed by atoms with E-state index in [1.54, 1.807) is 36.4 Å². The first-order valence-corrected chi connectivity index (χ1v) is 6.24. The maximum atomic E-state index is 12.8. The zero-order valence-corrected chi connectivity index (χ0v) is 11.1. The first-order valence-electron chi connectivity index (χ1n) is 6.24. The zero-order chi connectivity index (χ0) is 15.2. The summed E-state index contributed by atoms with van der Waals surface area (Å²) in [6.45, 7) is 0. The molecule has 0 aliphatic rings. The molecule has 3 amide bonds. The van der Waals surface area contributed by atoms with Gasteiger partial charge >= 0.3 is 6.03 Å². The molecule has 0 bridgehead atoms. The Hall–Kier alpha value is -2.89. The standard InChI is InChI=1S/C15H14FN3O2/c16-11-3-1-10(2-4-11)9-14(20)18-12-5-7-13(8-6-12)19-15(17)21/h1-8H,9H2,(H,18,20)(H3,17,19,21). The van der Waals surface area contributed by atoms with Crippen molar-refractivity contribution in [2.75, 3.05) is 10.6 Å². The Morgan fingerprint density at radius 3 is 1.95 bits per heavy atom. The van der Waals surface area contributed by atoms with Gasteiger partial charge in [0.2, 0.25) is 5.91 Å². The molecule has 0 aliphatic heterocycles. The van der Waals surface area contributed by atoms with Crippen molar-refractivity contribution in [1.82, 2.24) is 0 Å². The number of primary amides is 1. The summed E-state index contributed by atoms with van der Waals surface area (Å²) in [5, 5.41) is 5.13. The van der Waals surface area contributed by atoms with Gasteiger partial charge in [0.15, 0.2) is 0 Å². The minimum atomic E-state index is -0.650. The highest BCUT2D eigenvalue weighted by atomic mass is 19.1. The summed E-state index contributed by atoms with van der Waals surface area (Å²) >= 11 is 0. The molecule has 6 heteroatoms. The fourth-order valence-electron chi connectivity index (χ4n) is 1.77. The minimum absolute atomic E-state index is 0.154. The first-order chi connectivity index (χ1) is 10.0. The van der Waals surface area contributed by atoms with Gasteiger partial charge in [0.25, 0.3) is 0 Å². The lowest BCUT2D eigenvalue weighted by atomic mass is 10.1. The van der Waals surface area contributed by atoms with E-state index < -0.39 is 6.03 Å². The average molecular weight is 287 g/mol. The zero-order valence-electron chi connectivity index (χ0n) is 11.1. The molecular weight excluding hydrogens is 273 g/mol. The van der Waals surface area contributed by atoms with Gasteiger partial charge in [0.05, 0.1) is 6.42 Å². The molecule has 0 spiro atoms. The molecule has 0 saturated carbocycles. The maximum absolute atomic E-state index is 12.8. The van der Waals surface area contributed by atoms with Crippen LogP contribution in [-0.4, -0.2) is 11.9 Å². The van der Waals surface area contributed by atoms with Crippen LogP contribution < -0.4 is 16.4 Å². The lowest BCUT2D eigenvalue weighted by molar-refractivity contribution is -0.115. The van der Waals surface area contributed by atoms with Gasteiger partial charge < -0.3 is 16.4 Å². The maximum Gasteiger partial charge on any atom is 0.316 e. The third-order valence-corrected chi connectivity index (χ3v) is 2.71. The lowest BCUT2D eigenvalue weighted by Crippen LogP contribution is -2.19. The lowest BCUT2D eigenvalue weighted by Gasteiger charge is -2.07. The molecule has 0 radical (unpaired) electrons. The molecular formula is C15H14FN3O2.